The molecule has 0 saturated carbocycles. The molecular formula is C14H20N2O2. The summed E-state index contributed by atoms with van der Waals surface area (Å²) in [6, 6.07) is 3.91. The van der Waals surface area contributed by atoms with Crippen LogP contribution in [-0.4, -0.2) is 24.8 Å². The number of hydrogen-bond acceptors (Lipinski definition) is 4. The van der Waals surface area contributed by atoms with E-state index in [0.717, 1.165) is 25.1 Å². The van der Waals surface area contributed by atoms with E-state index < -0.39 is 0 Å². The van der Waals surface area contributed by atoms with Crippen molar-refractivity contribution in [3.8, 4) is 11.8 Å². The van der Waals surface area contributed by atoms with Gasteiger partial charge < -0.3 is 9.47 Å². The van der Waals surface area contributed by atoms with Gasteiger partial charge in [-0.1, -0.05) is 13.3 Å². The number of nitrogens with zero attached hydrogens (tertiary/aromatic N) is 2. The number of rotatable bonds is 7. The van der Waals surface area contributed by atoms with E-state index >= 15 is 0 Å². The lowest BCUT2D eigenvalue weighted by Crippen LogP contribution is -2.09. The van der Waals surface area contributed by atoms with E-state index in [1.807, 2.05) is 13.8 Å². The highest BCUT2D eigenvalue weighted by Gasteiger charge is 2.08. The van der Waals surface area contributed by atoms with Gasteiger partial charge in [-0.25, -0.2) is 0 Å². The number of pyridine rings is 1. The van der Waals surface area contributed by atoms with Gasteiger partial charge in [0.15, 0.2) is 0 Å². The number of unbranched alkanes of at least 4 members (excludes halogenated alkanes) is 1. The van der Waals surface area contributed by atoms with Crippen LogP contribution in [-0.2, 0) is 4.74 Å². The molecule has 1 rings (SSSR count). The fourth-order valence-corrected chi connectivity index (χ4v) is 1.60. The molecule has 0 radical (unpaired) electrons. The van der Waals surface area contributed by atoms with Gasteiger partial charge in [-0.15, -0.1) is 0 Å². The summed E-state index contributed by atoms with van der Waals surface area (Å²) in [4.78, 5) is 4.24. The summed E-state index contributed by atoms with van der Waals surface area (Å²) in [6.07, 6.45) is 2.19. The zero-order valence-corrected chi connectivity index (χ0v) is 11.3. The van der Waals surface area contributed by atoms with E-state index in [2.05, 4.69) is 18.0 Å². The minimum Gasteiger partial charge on any atom is -0.490 e. The first-order valence-corrected chi connectivity index (χ1v) is 6.28. The summed E-state index contributed by atoms with van der Waals surface area (Å²) in [6.45, 7) is 7.60. The number of nitriles is 1. The summed E-state index contributed by atoms with van der Waals surface area (Å²) in [5, 5.41) is 9.06. The molecule has 18 heavy (non-hydrogen) atoms. The van der Waals surface area contributed by atoms with Crippen LogP contribution >= 0.6 is 0 Å². The highest BCUT2D eigenvalue weighted by Crippen LogP contribution is 2.21. The quantitative estimate of drug-likeness (QED) is 0.696. The molecule has 1 aromatic heterocycles. The first-order valence-electron chi connectivity index (χ1n) is 6.28. The maximum atomic E-state index is 9.06. The summed E-state index contributed by atoms with van der Waals surface area (Å²) < 4.78 is 11.0. The van der Waals surface area contributed by atoms with Crippen LogP contribution < -0.4 is 4.74 Å². The maximum absolute atomic E-state index is 9.06. The van der Waals surface area contributed by atoms with E-state index in [0.29, 0.717) is 30.2 Å². The second-order valence-electron chi connectivity index (χ2n) is 4.15. The molecule has 0 unspecified atom stereocenters. The molecule has 0 aromatic carbocycles. The van der Waals surface area contributed by atoms with Crippen LogP contribution in [0, 0.1) is 25.2 Å². The van der Waals surface area contributed by atoms with Crippen molar-refractivity contribution in [3.63, 3.8) is 0 Å². The summed E-state index contributed by atoms with van der Waals surface area (Å²) >= 11 is 0. The van der Waals surface area contributed by atoms with Gasteiger partial charge in [0.05, 0.1) is 12.3 Å². The van der Waals surface area contributed by atoms with Crippen molar-refractivity contribution in [3.05, 3.63) is 23.0 Å². The Morgan fingerprint density at radius 3 is 2.72 bits per heavy atom. The Labute approximate surface area is 109 Å². The normalized spacial score (nSPS) is 10.1. The predicted octanol–water partition coefficient (Wildman–Crippen LogP) is 2.77. The van der Waals surface area contributed by atoms with Gasteiger partial charge >= 0.3 is 0 Å². The van der Waals surface area contributed by atoms with Crippen molar-refractivity contribution < 1.29 is 9.47 Å². The van der Waals surface area contributed by atoms with Gasteiger partial charge in [0.1, 0.15) is 24.0 Å². The maximum Gasteiger partial charge on any atom is 0.140 e. The second-order valence-corrected chi connectivity index (χ2v) is 4.15. The Balaban J connectivity index is 2.49. The molecule has 0 aliphatic rings. The number of hydrogen-bond donors (Lipinski definition) is 0. The summed E-state index contributed by atoms with van der Waals surface area (Å²) in [7, 11) is 0. The topological polar surface area (TPSA) is 55.1 Å². The lowest BCUT2D eigenvalue weighted by atomic mass is 10.2. The van der Waals surface area contributed by atoms with Crippen LogP contribution in [0.1, 0.15) is 36.7 Å². The highest BCUT2D eigenvalue weighted by molar-refractivity contribution is 5.46. The van der Waals surface area contributed by atoms with Gasteiger partial charge in [-0.2, -0.15) is 5.26 Å². The molecule has 0 atom stereocenters. The number of ether oxygens (including phenoxy) is 2. The molecule has 4 heteroatoms. The lowest BCUT2D eigenvalue weighted by molar-refractivity contribution is 0.0979. The van der Waals surface area contributed by atoms with Crippen LogP contribution in [0.2, 0.25) is 0 Å². The molecule has 4 nitrogen and oxygen atoms in total. The Hall–Kier alpha value is -1.60. The number of aromatic nitrogens is 1. The molecule has 0 N–H and O–H groups in total. The first kappa shape index (κ1) is 14.5. The van der Waals surface area contributed by atoms with Crippen LogP contribution in [0.15, 0.2) is 6.07 Å². The summed E-state index contributed by atoms with van der Waals surface area (Å²) in [5.41, 5.74) is 2.07. The Morgan fingerprint density at radius 1 is 1.28 bits per heavy atom. The van der Waals surface area contributed by atoms with E-state index in [1.54, 1.807) is 6.07 Å². The van der Waals surface area contributed by atoms with Crippen molar-refractivity contribution in [1.82, 2.24) is 4.98 Å². The standard InChI is InChI=1S/C14H20N2O2/c1-4-5-6-17-7-8-18-14-9-11(2)16-12(3)13(14)10-15/h9H,4-8H2,1-3H3. The molecule has 0 aliphatic heterocycles. The third-order valence-corrected chi connectivity index (χ3v) is 2.53. The van der Waals surface area contributed by atoms with Crippen LogP contribution in [0.25, 0.3) is 0 Å². The van der Waals surface area contributed by atoms with Crippen LogP contribution in [0.4, 0.5) is 0 Å². The first-order chi connectivity index (χ1) is 8.69. The van der Waals surface area contributed by atoms with Crippen molar-refractivity contribution in [2.45, 2.75) is 33.6 Å². The zero-order valence-electron chi connectivity index (χ0n) is 11.3. The predicted molar refractivity (Wildman–Crippen MR) is 69.6 cm³/mol. The molecule has 0 spiro atoms. The molecule has 98 valence electrons. The molecule has 0 amide bonds. The van der Waals surface area contributed by atoms with Crippen molar-refractivity contribution in [1.29, 1.82) is 5.26 Å². The SMILES string of the molecule is CCCCOCCOc1cc(C)nc(C)c1C#N. The third kappa shape index (κ3) is 4.34. The minimum atomic E-state index is 0.460. The van der Waals surface area contributed by atoms with Gasteiger partial charge in [0.2, 0.25) is 0 Å². The smallest absolute Gasteiger partial charge is 0.140 e. The third-order valence-electron chi connectivity index (χ3n) is 2.53. The van der Waals surface area contributed by atoms with E-state index in [1.165, 1.54) is 0 Å². The second kappa shape index (κ2) is 7.67. The molecular weight excluding hydrogens is 228 g/mol. The minimum absolute atomic E-state index is 0.460. The Kier molecular flexibility index (Phi) is 6.16. The van der Waals surface area contributed by atoms with Crippen LogP contribution in [0.5, 0.6) is 5.75 Å². The molecule has 0 bridgehead atoms. The lowest BCUT2D eigenvalue weighted by Gasteiger charge is -2.10. The zero-order chi connectivity index (χ0) is 13.4. The monoisotopic (exact) mass is 248 g/mol. The highest BCUT2D eigenvalue weighted by atomic mass is 16.5. The molecule has 0 saturated heterocycles. The Morgan fingerprint density at radius 2 is 2.06 bits per heavy atom. The van der Waals surface area contributed by atoms with E-state index in [9.17, 15) is 0 Å². The van der Waals surface area contributed by atoms with Crippen LogP contribution in [0.3, 0.4) is 0 Å². The van der Waals surface area contributed by atoms with Gasteiger partial charge in [0, 0.05) is 18.4 Å². The molecule has 0 fully saturated rings. The van der Waals surface area contributed by atoms with Crippen molar-refractivity contribution in [2.24, 2.45) is 0 Å². The number of aryl methyl sites for hydroxylation is 2. The average molecular weight is 248 g/mol. The van der Waals surface area contributed by atoms with Gasteiger partial charge in [-0.3, -0.25) is 4.98 Å². The molecule has 1 aromatic rings. The van der Waals surface area contributed by atoms with E-state index in [-0.39, 0.29) is 0 Å². The fraction of sp³-hybridized carbons (Fsp3) is 0.571. The average Bonchev–Trinajstić information content (AvgIpc) is 2.33. The van der Waals surface area contributed by atoms with Crippen molar-refractivity contribution in [2.75, 3.05) is 19.8 Å². The Bertz CT molecular complexity index is 425. The van der Waals surface area contributed by atoms with Gasteiger partial charge in [0.25, 0.3) is 0 Å². The van der Waals surface area contributed by atoms with Gasteiger partial charge in [-0.05, 0) is 20.3 Å². The fourth-order valence-electron chi connectivity index (χ4n) is 1.60. The molecule has 0 aliphatic carbocycles. The summed E-state index contributed by atoms with van der Waals surface area (Å²) in [5.74, 6) is 0.599. The van der Waals surface area contributed by atoms with Crippen molar-refractivity contribution >= 4 is 0 Å². The molecule has 1 heterocycles. The largest absolute Gasteiger partial charge is 0.490 e. The van der Waals surface area contributed by atoms with E-state index in [4.69, 9.17) is 14.7 Å².